The molecule has 1 aromatic carbocycles. The minimum absolute atomic E-state index is 0.0225. The topological polar surface area (TPSA) is 58.4 Å². The van der Waals surface area contributed by atoms with E-state index in [2.05, 4.69) is 5.10 Å². The van der Waals surface area contributed by atoms with Crippen LogP contribution >= 0.6 is 11.6 Å². The molecule has 0 bridgehead atoms. The molecule has 3 rings (SSSR count). The van der Waals surface area contributed by atoms with E-state index in [-0.39, 0.29) is 11.8 Å². The van der Waals surface area contributed by atoms with E-state index in [9.17, 15) is 9.90 Å². The first-order valence-corrected chi connectivity index (χ1v) is 9.62. The van der Waals surface area contributed by atoms with Gasteiger partial charge in [0.1, 0.15) is 0 Å². The third-order valence-electron chi connectivity index (χ3n) is 5.37. The molecular formula is C21H26ClN3O2. The van der Waals surface area contributed by atoms with Crippen molar-refractivity contribution in [1.29, 1.82) is 0 Å². The molecule has 144 valence electrons. The number of amides is 1. The van der Waals surface area contributed by atoms with Gasteiger partial charge in [-0.2, -0.15) is 5.10 Å². The molecule has 0 unspecified atom stereocenters. The van der Waals surface area contributed by atoms with Gasteiger partial charge in [0, 0.05) is 48.4 Å². The van der Waals surface area contributed by atoms with Gasteiger partial charge in [-0.25, -0.2) is 0 Å². The van der Waals surface area contributed by atoms with Crippen molar-refractivity contribution >= 4 is 23.6 Å². The first-order chi connectivity index (χ1) is 12.8. The van der Waals surface area contributed by atoms with E-state index in [0.29, 0.717) is 24.5 Å². The molecule has 1 amide bonds. The second kappa shape index (κ2) is 8.28. The molecule has 0 spiro atoms. The molecular weight excluding hydrogens is 362 g/mol. The summed E-state index contributed by atoms with van der Waals surface area (Å²) in [5, 5.41) is 15.4. The molecule has 0 aliphatic carbocycles. The molecule has 1 fully saturated rings. The molecule has 1 aliphatic rings. The van der Waals surface area contributed by atoms with Gasteiger partial charge in [-0.1, -0.05) is 23.7 Å². The van der Waals surface area contributed by atoms with Gasteiger partial charge in [0.25, 0.3) is 0 Å². The SMILES string of the molecule is Cc1nn(C)c(C)c1/C=C/C(=O)N1CC[C@H](O)[C@H](Cc2ccc(Cl)cc2)C1. The maximum Gasteiger partial charge on any atom is 0.246 e. The number of aliphatic hydroxyl groups is 1. The Balaban J connectivity index is 1.66. The van der Waals surface area contributed by atoms with E-state index >= 15 is 0 Å². The van der Waals surface area contributed by atoms with Crippen LogP contribution in [-0.4, -0.2) is 44.9 Å². The van der Waals surface area contributed by atoms with Gasteiger partial charge in [-0.15, -0.1) is 0 Å². The quantitative estimate of drug-likeness (QED) is 0.820. The van der Waals surface area contributed by atoms with Crippen LogP contribution in [0.15, 0.2) is 30.3 Å². The van der Waals surface area contributed by atoms with Crippen LogP contribution in [0.1, 0.15) is 28.9 Å². The van der Waals surface area contributed by atoms with Crippen molar-refractivity contribution in [2.45, 2.75) is 32.8 Å². The number of aliphatic hydroxyl groups excluding tert-OH is 1. The molecule has 2 heterocycles. The van der Waals surface area contributed by atoms with Crippen molar-refractivity contribution < 1.29 is 9.90 Å². The summed E-state index contributed by atoms with van der Waals surface area (Å²) in [6, 6.07) is 7.67. The van der Waals surface area contributed by atoms with Crippen molar-refractivity contribution in [3.05, 3.63) is 57.9 Å². The molecule has 5 nitrogen and oxygen atoms in total. The lowest BCUT2D eigenvalue weighted by atomic mass is 9.88. The summed E-state index contributed by atoms with van der Waals surface area (Å²) in [5.41, 5.74) is 4.05. The molecule has 6 heteroatoms. The van der Waals surface area contributed by atoms with Crippen molar-refractivity contribution in [1.82, 2.24) is 14.7 Å². The fourth-order valence-corrected chi connectivity index (χ4v) is 3.76. The van der Waals surface area contributed by atoms with Gasteiger partial charge in [0.15, 0.2) is 0 Å². The smallest absolute Gasteiger partial charge is 0.246 e. The van der Waals surface area contributed by atoms with E-state index in [4.69, 9.17) is 11.6 Å². The van der Waals surface area contributed by atoms with Crippen LogP contribution in [0.25, 0.3) is 6.08 Å². The van der Waals surface area contributed by atoms with E-state index in [1.54, 1.807) is 6.08 Å². The van der Waals surface area contributed by atoms with Crippen LogP contribution in [-0.2, 0) is 18.3 Å². The summed E-state index contributed by atoms with van der Waals surface area (Å²) in [6.45, 7) is 5.06. The highest BCUT2D eigenvalue weighted by atomic mass is 35.5. The zero-order valence-electron chi connectivity index (χ0n) is 16.0. The number of halogens is 1. The molecule has 1 aromatic heterocycles. The number of aromatic nitrogens is 2. The molecule has 1 N–H and O–H groups in total. The van der Waals surface area contributed by atoms with E-state index in [0.717, 1.165) is 28.9 Å². The number of benzene rings is 1. The van der Waals surface area contributed by atoms with Crippen LogP contribution in [0.3, 0.4) is 0 Å². The number of likely N-dealkylation sites (tertiary alicyclic amines) is 1. The van der Waals surface area contributed by atoms with Gasteiger partial charge in [0.05, 0.1) is 11.8 Å². The minimum atomic E-state index is -0.392. The maximum atomic E-state index is 12.7. The monoisotopic (exact) mass is 387 g/mol. The summed E-state index contributed by atoms with van der Waals surface area (Å²) in [4.78, 5) is 14.5. The lowest BCUT2D eigenvalue weighted by Gasteiger charge is -2.36. The molecule has 27 heavy (non-hydrogen) atoms. The highest BCUT2D eigenvalue weighted by Gasteiger charge is 2.29. The van der Waals surface area contributed by atoms with Gasteiger partial charge < -0.3 is 10.0 Å². The maximum absolute atomic E-state index is 12.7. The lowest BCUT2D eigenvalue weighted by molar-refractivity contribution is -0.129. The standard InChI is InChI=1S/C21H26ClN3O2/c1-14-19(15(2)24(3)23-14)8-9-21(27)25-11-10-20(26)17(13-25)12-16-4-6-18(22)7-5-16/h4-9,17,20,26H,10-13H2,1-3H3/b9-8+/t17-,20+/m1/s1. The fourth-order valence-electron chi connectivity index (χ4n) is 3.64. The molecule has 1 saturated heterocycles. The van der Waals surface area contributed by atoms with Crippen molar-refractivity contribution in [3.8, 4) is 0 Å². The lowest BCUT2D eigenvalue weighted by Crippen LogP contribution is -2.46. The van der Waals surface area contributed by atoms with Gasteiger partial charge in [-0.3, -0.25) is 9.48 Å². The molecule has 0 radical (unpaired) electrons. The Hall–Kier alpha value is -2.11. The Morgan fingerprint density at radius 3 is 2.67 bits per heavy atom. The summed E-state index contributed by atoms with van der Waals surface area (Å²) in [7, 11) is 1.90. The third kappa shape index (κ3) is 4.60. The van der Waals surface area contributed by atoms with Crippen molar-refractivity contribution in [3.63, 3.8) is 0 Å². The van der Waals surface area contributed by atoms with E-state index < -0.39 is 6.10 Å². The second-order valence-electron chi connectivity index (χ2n) is 7.27. The first-order valence-electron chi connectivity index (χ1n) is 9.25. The van der Waals surface area contributed by atoms with E-state index in [1.807, 2.05) is 60.8 Å². The Morgan fingerprint density at radius 2 is 2.04 bits per heavy atom. The highest BCUT2D eigenvalue weighted by Crippen LogP contribution is 2.23. The second-order valence-corrected chi connectivity index (χ2v) is 7.71. The molecule has 0 saturated carbocycles. The molecule has 2 aromatic rings. The summed E-state index contributed by atoms with van der Waals surface area (Å²) < 4.78 is 1.82. The average molecular weight is 388 g/mol. The van der Waals surface area contributed by atoms with Crippen LogP contribution in [0, 0.1) is 19.8 Å². The largest absolute Gasteiger partial charge is 0.393 e. The zero-order chi connectivity index (χ0) is 19.6. The van der Waals surface area contributed by atoms with Crippen LogP contribution in [0.4, 0.5) is 0 Å². The van der Waals surface area contributed by atoms with Crippen molar-refractivity contribution in [2.75, 3.05) is 13.1 Å². The number of carbonyl (C=O) groups is 1. The number of piperidine rings is 1. The average Bonchev–Trinajstić information content (AvgIpc) is 2.88. The summed E-state index contributed by atoms with van der Waals surface area (Å²) >= 11 is 5.94. The number of hydrogen-bond acceptors (Lipinski definition) is 3. The predicted octanol–water partition coefficient (Wildman–Crippen LogP) is 3.16. The van der Waals surface area contributed by atoms with Crippen LogP contribution in [0.2, 0.25) is 5.02 Å². The zero-order valence-corrected chi connectivity index (χ0v) is 16.8. The Bertz CT molecular complexity index is 842. The van der Waals surface area contributed by atoms with Crippen LogP contribution < -0.4 is 0 Å². The summed E-state index contributed by atoms with van der Waals surface area (Å²) in [5.74, 6) is 0.00444. The van der Waals surface area contributed by atoms with Crippen LogP contribution in [0.5, 0.6) is 0 Å². The number of rotatable bonds is 4. The molecule has 1 aliphatic heterocycles. The normalized spacial score (nSPS) is 20.4. The fraction of sp³-hybridized carbons (Fsp3) is 0.429. The molecule has 2 atom stereocenters. The third-order valence-corrected chi connectivity index (χ3v) is 5.63. The van der Waals surface area contributed by atoms with E-state index in [1.165, 1.54) is 0 Å². The Morgan fingerprint density at radius 1 is 1.33 bits per heavy atom. The first kappa shape index (κ1) is 19.6. The summed E-state index contributed by atoms with van der Waals surface area (Å²) in [6.07, 6.45) is 4.40. The Labute approximate surface area is 165 Å². The number of nitrogens with zero attached hydrogens (tertiary/aromatic N) is 3. The minimum Gasteiger partial charge on any atom is -0.393 e. The Kier molecular flexibility index (Phi) is 6.02. The predicted molar refractivity (Wildman–Crippen MR) is 108 cm³/mol. The highest BCUT2D eigenvalue weighted by molar-refractivity contribution is 6.30. The number of hydrogen-bond donors (Lipinski definition) is 1. The number of aryl methyl sites for hydroxylation is 2. The van der Waals surface area contributed by atoms with Gasteiger partial charge in [-0.05, 0) is 50.5 Å². The number of carbonyl (C=O) groups excluding carboxylic acids is 1. The van der Waals surface area contributed by atoms with Gasteiger partial charge in [0.2, 0.25) is 5.91 Å². The van der Waals surface area contributed by atoms with Crippen molar-refractivity contribution in [2.24, 2.45) is 13.0 Å². The van der Waals surface area contributed by atoms with Gasteiger partial charge >= 0.3 is 0 Å².